The van der Waals surface area contributed by atoms with Gasteiger partial charge in [-0.2, -0.15) is 8.78 Å². The molecule has 1 aromatic rings. The number of hydrogen-bond donors (Lipinski definition) is 2. The zero-order valence-electron chi connectivity index (χ0n) is 11.7. The van der Waals surface area contributed by atoms with E-state index in [2.05, 4.69) is 10.1 Å². The molecule has 5 nitrogen and oxygen atoms in total. The molecule has 0 aliphatic carbocycles. The van der Waals surface area contributed by atoms with Gasteiger partial charge in [0.1, 0.15) is 11.8 Å². The summed E-state index contributed by atoms with van der Waals surface area (Å²) in [6, 6.07) is 4.04. The number of carbonyl (C=O) groups is 2. The molecule has 0 fully saturated rings. The van der Waals surface area contributed by atoms with Gasteiger partial charge in [-0.25, -0.2) is 4.79 Å². The van der Waals surface area contributed by atoms with E-state index >= 15 is 0 Å². The number of amides is 1. The Hall–Kier alpha value is -2.18. The lowest BCUT2D eigenvalue weighted by atomic mass is 10.0. The van der Waals surface area contributed by atoms with Crippen LogP contribution in [-0.2, 0) is 4.79 Å². The highest BCUT2D eigenvalue weighted by Crippen LogP contribution is 2.15. The first-order valence-electron chi connectivity index (χ1n) is 6.38. The number of halogens is 2. The van der Waals surface area contributed by atoms with Gasteiger partial charge in [-0.15, -0.1) is 0 Å². The first-order valence-corrected chi connectivity index (χ1v) is 6.38. The Kier molecular flexibility index (Phi) is 6.08. The molecule has 0 bridgehead atoms. The smallest absolute Gasteiger partial charge is 0.387 e. The molecule has 0 saturated heterocycles. The summed E-state index contributed by atoms with van der Waals surface area (Å²) < 4.78 is 28.2. The van der Waals surface area contributed by atoms with Crippen LogP contribution < -0.4 is 10.1 Å². The van der Waals surface area contributed by atoms with Crippen molar-refractivity contribution in [2.24, 2.45) is 5.92 Å². The third-order valence-electron chi connectivity index (χ3n) is 2.65. The van der Waals surface area contributed by atoms with Crippen LogP contribution in [0.5, 0.6) is 5.75 Å². The number of benzene rings is 1. The van der Waals surface area contributed by atoms with E-state index in [1.807, 2.05) is 13.8 Å². The zero-order chi connectivity index (χ0) is 16.0. The maximum atomic E-state index is 12.0. The molecular weight excluding hydrogens is 284 g/mol. The molecule has 0 spiro atoms. The number of hydrogen-bond acceptors (Lipinski definition) is 3. The summed E-state index contributed by atoms with van der Waals surface area (Å²) in [7, 11) is 0. The van der Waals surface area contributed by atoms with Crippen LogP contribution >= 0.6 is 0 Å². The Morgan fingerprint density at radius 3 is 2.24 bits per heavy atom. The lowest BCUT2D eigenvalue weighted by molar-refractivity contribution is -0.139. The molecule has 0 aliphatic rings. The molecule has 1 amide bonds. The summed E-state index contributed by atoms with van der Waals surface area (Å²) in [5.74, 6) is -1.66. The second kappa shape index (κ2) is 7.56. The van der Waals surface area contributed by atoms with Crippen LogP contribution in [0.3, 0.4) is 0 Å². The van der Waals surface area contributed by atoms with Crippen LogP contribution in [0.1, 0.15) is 30.6 Å². The van der Waals surface area contributed by atoms with Crippen LogP contribution in [-0.4, -0.2) is 29.6 Å². The highest BCUT2D eigenvalue weighted by Gasteiger charge is 2.21. The van der Waals surface area contributed by atoms with Crippen LogP contribution in [0.2, 0.25) is 0 Å². The minimum atomic E-state index is -2.94. The Labute approximate surface area is 120 Å². The first-order chi connectivity index (χ1) is 9.79. The van der Waals surface area contributed by atoms with E-state index < -0.39 is 24.5 Å². The maximum absolute atomic E-state index is 12.0. The van der Waals surface area contributed by atoms with E-state index in [4.69, 9.17) is 5.11 Å². The molecule has 0 heterocycles. The highest BCUT2D eigenvalue weighted by molar-refractivity contribution is 5.96. The fraction of sp³-hybridized carbons (Fsp3) is 0.429. The Morgan fingerprint density at radius 2 is 1.81 bits per heavy atom. The number of carbonyl (C=O) groups excluding carboxylic acids is 1. The lowest BCUT2D eigenvalue weighted by Crippen LogP contribution is -2.41. The largest absolute Gasteiger partial charge is 0.480 e. The van der Waals surface area contributed by atoms with E-state index in [1.165, 1.54) is 24.3 Å². The predicted molar refractivity (Wildman–Crippen MR) is 71.4 cm³/mol. The van der Waals surface area contributed by atoms with Gasteiger partial charge in [-0.3, -0.25) is 4.79 Å². The summed E-state index contributed by atoms with van der Waals surface area (Å²) in [6.45, 7) is 0.754. The molecule has 0 aromatic heterocycles. The summed E-state index contributed by atoms with van der Waals surface area (Å²) >= 11 is 0. The van der Waals surface area contributed by atoms with Crippen molar-refractivity contribution in [2.45, 2.75) is 32.9 Å². The van der Waals surface area contributed by atoms with Crippen LogP contribution in [0.4, 0.5) is 8.78 Å². The van der Waals surface area contributed by atoms with Gasteiger partial charge in [0.05, 0.1) is 0 Å². The van der Waals surface area contributed by atoms with Crippen LogP contribution in [0.15, 0.2) is 24.3 Å². The van der Waals surface area contributed by atoms with Gasteiger partial charge >= 0.3 is 12.6 Å². The summed E-state index contributed by atoms with van der Waals surface area (Å²) in [6.07, 6.45) is 0.299. The number of carboxylic acids is 1. The molecule has 2 N–H and O–H groups in total. The van der Waals surface area contributed by atoms with Crippen molar-refractivity contribution in [1.82, 2.24) is 5.32 Å². The zero-order valence-corrected chi connectivity index (χ0v) is 11.7. The van der Waals surface area contributed by atoms with Crippen molar-refractivity contribution in [3.63, 3.8) is 0 Å². The van der Waals surface area contributed by atoms with Crippen molar-refractivity contribution < 1.29 is 28.2 Å². The number of ether oxygens (including phenoxy) is 1. The first kappa shape index (κ1) is 16.9. The van der Waals surface area contributed by atoms with E-state index in [-0.39, 0.29) is 17.2 Å². The van der Waals surface area contributed by atoms with Crippen molar-refractivity contribution in [3.8, 4) is 5.75 Å². The molecule has 0 radical (unpaired) electrons. The predicted octanol–water partition coefficient (Wildman–Crippen LogP) is 2.52. The van der Waals surface area contributed by atoms with Crippen molar-refractivity contribution >= 4 is 11.9 Å². The molecule has 116 valence electrons. The highest BCUT2D eigenvalue weighted by atomic mass is 19.3. The number of carboxylic acid groups (broad SMARTS) is 1. The molecule has 1 rings (SSSR count). The molecule has 21 heavy (non-hydrogen) atoms. The summed E-state index contributed by atoms with van der Waals surface area (Å²) in [5.41, 5.74) is 0.173. The van der Waals surface area contributed by atoms with E-state index in [0.29, 0.717) is 6.42 Å². The number of alkyl halides is 2. The normalized spacial score (nSPS) is 12.3. The summed E-state index contributed by atoms with van der Waals surface area (Å²) in [4.78, 5) is 23.0. The molecule has 0 saturated carbocycles. The summed E-state index contributed by atoms with van der Waals surface area (Å²) in [5, 5.41) is 11.4. The minimum absolute atomic E-state index is 0.0708. The molecule has 0 aliphatic heterocycles. The monoisotopic (exact) mass is 301 g/mol. The fourth-order valence-corrected chi connectivity index (χ4v) is 1.72. The lowest BCUT2D eigenvalue weighted by Gasteiger charge is -2.16. The van der Waals surface area contributed by atoms with Gasteiger partial charge in [-0.1, -0.05) is 13.8 Å². The quantitative estimate of drug-likeness (QED) is 0.811. The van der Waals surface area contributed by atoms with Gasteiger partial charge < -0.3 is 15.2 Å². The van der Waals surface area contributed by atoms with E-state index in [9.17, 15) is 18.4 Å². The van der Waals surface area contributed by atoms with Crippen LogP contribution in [0, 0.1) is 5.92 Å². The van der Waals surface area contributed by atoms with Gasteiger partial charge in [0.25, 0.3) is 5.91 Å². The second-order valence-corrected chi connectivity index (χ2v) is 4.90. The number of nitrogens with one attached hydrogen (secondary N) is 1. The topological polar surface area (TPSA) is 75.6 Å². The third kappa shape index (κ3) is 5.76. The van der Waals surface area contributed by atoms with Crippen molar-refractivity contribution in [2.75, 3.05) is 0 Å². The third-order valence-corrected chi connectivity index (χ3v) is 2.65. The number of aliphatic carboxylic acids is 1. The van der Waals surface area contributed by atoms with E-state index in [0.717, 1.165) is 0 Å². The SMILES string of the molecule is CC(C)C[C@@H](NC(=O)c1ccc(OC(F)F)cc1)C(=O)O. The van der Waals surface area contributed by atoms with Crippen molar-refractivity contribution in [1.29, 1.82) is 0 Å². The molecule has 1 aromatic carbocycles. The van der Waals surface area contributed by atoms with Crippen LogP contribution in [0.25, 0.3) is 0 Å². The van der Waals surface area contributed by atoms with Gasteiger partial charge in [0, 0.05) is 5.56 Å². The fourth-order valence-electron chi connectivity index (χ4n) is 1.72. The Balaban J connectivity index is 2.71. The standard InChI is InChI=1S/C14H17F2NO4/c1-8(2)7-11(13(19)20)17-12(18)9-3-5-10(6-4-9)21-14(15)16/h3-6,8,11,14H,7H2,1-2H3,(H,17,18)(H,19,20)/t11-/m1/s1. The average Bonchev–Trinajstić information content (AvgIpc) is 2.37. The van der Waals surface area contributed by atoms with Gasteiger partial charge in [0.2, 0.25) is 0 Å². The number of rotatable bonds is 7. The molecule has 0 unspecified atom stereocenters. The molecule has 7 heteroatoms. The molecule has 1 atom stereocenters. The minimum Gasteiger partial charge on any atom is -0.480 e. The molecular formula is C14H17F2NO4. The Morgan fingerprint density at radius 1 is 1.24 bits per heavy atom. The second-order valence-electron chi connectivity index (χ2n) is 4.90. The maximum Gasteiger partial charge on any atom is 0.387 e. The average molecular weight is 301 g/mol. The Bertz CT molecular complexity index is 488. The van der Waals surface area contributed by atoms with E-state index in [1.54, 1.807) is 0 Å². The van der Waals surface area contributed by atoms with Gasteiger partial charge in [0.15, 0.2) is 0 Å². The van der Waals surface area contributed by atoms with Crippen molar-refractivity contribution in [3.05, 3.63) is 29.8 Å². The van der Waals surface area contributed by atoms with Gasteiger partial charge in [-0.05, 0) is 36.6 Å².